The van der Waals surface area contributed by atoms with E-state index in [-0.39, 0.29) is 6.61 Å². The fourth-order valence-corrected chi connectivity index (χ4v) is 3.91. The van der Waals surface area contributed by atoms with Gasteiger partial charge in [0.05, 0.1) is 26.4 Å². The van der Waals surface area contributed by atoms with Crippen LogP contribution in [0.4, 0.5) is 0 Å². The second-order valence-electron chi connectivity index (χ2n) is 8.22. The fraction of sp³-hybridized carbons (Fsp3) is 1.00. The second-order valence-corrected chi connectivity index (χ2v) is 9.67. The molecule has 0 heterocycles. The topological polar surface area (TPSA) is 126 Å². The van der Waals surface area contributed by atoms with Crippen molar-refractivity contribution < 1.29 is 38.6 Å². The van der Waals surface area contributed by atoms with E-state index in [1.54, 1.807) is 0 Å². The fourth-order valence-electron chi connectivity index (χ4n) is 3.12. The van der Waals surface area contributed by atoms with Gasteiger partial charge in [-0.25, -0.2) is 4.57 Å². The third-order valence-electron chi connectivity index (χ3n) is 5.02. The van der Waals surface area contributed by atoms with Gasteiger partial charge in [-0.15, -0.1) is 0 Å². The molecule has 0 amide bonds. The summed E-state index contributed by atoms with van der Waals surface area (Å²) < 4.78 is 26.0. The van der Waals surface area contributed by atoms with Crippen LogP contribution in [-0.4, -0.2) is 65.5 Å². The van der Waals surface area contributed by atoms with Crippen LogP contribution in [0.25, 0.3) is 0 Å². The Kier molecular flexibility index (Phi) is 21.7. The first-order valence-electron chi connectivity index (χ1n) is 12.1. The third kappa shape index (κ3) is 22.9. The van der Waals surface area contributed by atoms with Crippen LogP contribution in [0, 0.1) is 0 Å². The lowest BCUT2D eigenvalue weighted by Crippen LogP contribution is -2.23. The van der Waals surface area contributed by atoms with E-state index in [4.69, 9.17) is 14.9 Å². The summed E-state index contributed by atoms with van der Waals surface area (Å²) in [5, 5.41) is 27.4. The normalized spacial score (nSPS) is 15.6. The summed E-state index contributed by atoms with van der Waals surface area (Å²) in [5.41, 5.74) is 0. The van der Waals surface area contributed by atoms with Crippen molar-refractivity contribution >= 4 is 7.82 Å². The van der Waals surface area contributed by atoms with Crippen LogP contribution in [-0.2, 0) is 18.3 Å². The summed E-state index contributed by atoms with van der Waals surface area (Å²) in [7, 11) is -4.38. The lowest BCUT2D eigenvalue weighted by atomic mass is 10.0. The highest BCUT2D eigenvalue weighted by Crippen LogP contribution is 2.43. The molecule has 0 aliphatic carbocycles. The summed E-state index contributed by atoms with van der Waals surface area (Å²) in [5.74, 6) is 0. The van der Waals surface area contributed by atoms with Crippen molar-refractivity contribution in [2.24, 2.45) is 0 Å². The summed E-state index contributed by atoms with van der Waals surface area (Å²) in [6.07, 6.45) is 15.8. The zero-order chi connectivity index (χ0) is 23.2. The molecule has 8 nitrogen and oxygen atoms in total. The van der Waals surface area contributed by atoms with Crippen molar-refractivity contribution in [3.05, 3.63) is 0 Å². The average Bonchev–Trinajstić information content (AvgIpc) is 2.76. The molecule has 3 atom stereocenters. The monoisotopic (exact) mass is 470 g/mol. The number of hydrogen-bond acceptors (Lipinski definition) is 7. The van der Waals surface area contributed by atoms with Gasteiger partial charge >= 0.3 is 7.82 Å². The number of aliphatic hydroxyl groups is 3. The minimum atomic E-state index is -4.38. The van der Waals surface area contributed by atoms with Crippen molar-refractivity contribution in [2.75, 3.05) is 33.0 Å². The quantitative estimate of drug-likeness (QED) is 0.121. The Bertz CT molecular complexity index is 424. The van der Waals surface area contributed by atoms with E-state index in [9.17, 15) is 14.6 Å². The number of aliphatic hydroxyl groups excluding tert-OH is 3. The molecule has 31 heavy (non-hydrogen) atoms. The summed E-state index contributed by atoms with van der Waals surface area (Å²) in [4.78, 5) is 9.39. The molecule has 4 N–H and O–H groups in total. The summed E-state index contributed by atoms with van der Waals surface area (Å²) in [6.45, 7) is 1.26. The van der Waals surface area contributed by atoms with E-state index in [0.717, 1.165) is 12.8 Å². The van der Waals surface area contributed by atoms with Crippen molar-refractivity contribution in [1.82, 2.24) is 0 Å². The van der Waals surface area contributed by atoms with Gasteiger partial charge in [-0.3, -0.25) is 9.05 Å². The van der Waals surface area contributed by atoms with Crippen LogP contribution in [0.2, 0.25) is 0 Å². The SMILES string of the molecule is CCCCCCCCCCCCCCCCOC[C@@H](O)COP(=O)(O)OC[C@@H](O)CO. The molecule has 0 rings (SSSR count). The van der Waals surface area contributed by atoms with E-state index in [2.05, 4.69) is 16.0 Å². The Morgan fingerprint density at radius 1 is 0.677 bits per heavy atom. The Labute approximate surface area is 188 Å². The van der Waals surface area contributed by atoms with E-state index < -0.39 is 39.9 Å². The first-order chi connectivity index (χ1) is 14.9. The Hall–Kier alpha value is -0.0500. The number of phosphoric ester groups is 1. The zero-order valence-electron chi connectivity index (χ0n) is 19.5. The Morgan fingerprint density at radius 2 is 1.10 bits per heavy atom. The van der Waals surface area contributed by atoms with Gasteiger partial charge in [0.15, 0.2) is 0 Å². The predicted octanol–water partition coefficient (Wildman–Crippen LogP) is 4.33. The molecule has 0 spiro atoms. The van der Waals surface area contributed by atoms with Crippen LogP contribution in [0.5, 0.6) is 0 Å². The zero-order valence-corrected chi connectivity index (χ0v) is 20.4. The molecule has 0 saturated heterocycles. The molecule has 0 aliphatic rings. The van der Waals surface area contributed by atoms with Gasteiger partial charge in [-0.1, -0.05) is 90.4 Å². The predicted molar refractivity (Wildman–Crippen MR) is 122 cm³/mol. The molecule has 0 aromatic rings. The molecule has 0 fully saturated rings. The van der Waals surface area contributed by atoms with E-state index >= 15 is 0 Å². The first-order valence-corrected chi connectivity index (χ1v) is 13.6. The molecule has 1 unspecified atom stereocenters. The Balaban J connectivity index is 3.37. The van der Waals surface area contributed by atoms with Gasteiger partial charge in [0.2, 0.25) is 0 Å². The van der Waals surface area contributed by atoms with Gasteiger partial charge in [-0.05, 0) is 6.42 Å². The molecular weight excluding hydrogens is 423 g/mol. The highest BCUT2D eigenvalue weighted by atomic mass is 31.2. The van der Waals surface area contributed by atoms with Crippen molar-refractivity contribution in [2.45, 2.75) is 109 Å². The molecule has 0 aromatic carbocycles. The number of ether oxygens (including phenoxy) is 1. The number of hydrogen-bond donors (Lipinski definition) is 4. The number of phosphoric acid groups is 1. The molecule has 0 bridgehead atoms. The van der Waals surface area contributed by atoms with Crippen LogP contribution >= 0.6 is 7.82 Å². The van der Waals surface area contributed by atoms with Gasteiger partial charge < -0.3 is 24.9 Å². The van der Waals surface area contributed by atoms with Crippen LogP contribution in [0.15, 0.2) is 0 Å². The molecule has 0 radical (unpaired) electrons. The molecular formula is C22H47O8P. The van der Waals surface area contributed by atoms with Crippen molar-refractivity contribution in [1.29, 1.82) is 0 Å². The summed E-state index contributed by atoms with van der Waals surface area (Å²) >= 11 is 0. The van der Waals surface area contributed by atoms with Gasteiger partial charge in [0, 0.05) is 6.61 Å². The highest BCUT2D eigenvalue weighted by Gasteiger charge is 2.24. The van der Waals surface area contributed by atoms with Crippen LogP contribution in [0.1, 0.15) is 96.8 Å². The second kappa shape index (κ2) is 21.8. The lowest BCUT2D eigenvalue weighted by Gasteiger charge is -2.16. The van der Waals surface area contributed by atoms with E-state index in [1.807, 2.05) is 0 Å². The maximum atomic E-state index is 11.5. The van der Waals surface area contributed by atoms with Gasteiger partial charge in [0.25, 0.3) is 0 Å². The van der Waals surface area contributed by atoms with Crippen LogP contribution in [0.3, 0.4) is 0 Å². The molecule has 0 aromatic heterocycles. The van der Waals surface area contributed by atoms with Crippen molar-refractivity contribution in [3.8, 4) is 0 Å². The summed E-state index contributed by atoms with van der Waals surface area (Å²) in [6, 6.07) is 0. The van der Waals surface area contributed by atoms with E-state index in [0.29, 0.717) is 6.61 Å². The highest BCUT2D eigenvalue weighted by molar-refractivity contribution is 7.47. The molecule has 0 aliphatic heterocycles. The average molecular weight is 471 g/mol. The maximum absolute atomic E-state index is 11.5. The first kappa shape index (κ1) is 30.9. The lowest BCUT2D eigenvalue weighted by molar-refractivity contribution is -0.00437. The van der Waals surface area contributed by atoms with Gasteiger partial charge in [0.1, 0.15) is 12.2 Å². The number of rotatable bonds is 24. The van der Waals surface area contributed by atoms with Crippen LogP contribution < -0.4 is 0 Å². The van der Waals surface area contributed by atoms with Crippen molar-refractivity contribution in [3.63, 3.8) is 0 Å². The maximum Gasteiger partial charge on any atom is 0.472 e. The Morgan fingerprint density at radius 3 is 1.55 bits per heavy atom. The minimum absolute atomic E-state index is 0.0116. The van der Waals surface area contributed by atoms with Gasteiger partial charge in [-0.2, -0.15) is 0 Å². The molecule has 0 saturated carbocycles. The third-order valence-corrected chi connectivity index (χ3v) is 5.97. The smallest absolute Gasteiger partial charge is 0.394 e. The largest absolute Gasteiger partial charge is 0.472 e. The molecule has 9 heteroatoms. The standard InChI is InChI=1S/C22H47O8P/c1-2-3-4-5-6-7-8-9-10-11-12-13-14-15-16-28-18-22(25)20-30-31(26,27)29-19-21(24)17-23/h21-25H,2-20H2,1H3,(H,26,27)/t21-,22+/m0/s1. The van der Waals surface area contributed by atoms with E-state index in [1.165, 1.54) is 77.0 Å². The minimum Gasteiger partial charge on any atom is -0.394 e. The molecule has 188 valence electrons. The number of unbranched alkanes of at least 4 members (excludes halogenated alkanes) is 13.